The monoisotopic (exact) mass is 586 g/mol. The van der Waals surface area contributed by atoms with Gasteiger partial charge in [0.1, 0.15) is 18.5 Å². The predicted octanol–water partition coefficient (Wildman–Crippen LogP) is 3.30. The van der Waals surface area contributed by atoms with Crippen LogP contribution in [0.25, 0.3) is 11.1 Å². The minimum atomic E-state index is -1.82. The number of aryl methyl sites for hydroxylation is 1. The van der Waals surface area contributed by atoms with E-state index < -0.39 is 60.0 Å². The second kappa shape index (κ2) is 13.5. The fourth-order valence-corrected chi connectivity index (χ4v) is 4.63. The molecule has 1 heterocycles. The summed E-state index contributed by atoms with van der Waals surface area (Å²) in [7, 11) is 1.31. The minimum Gasteiger partial charge on any atom is -0.465 e. The first kappa shape index (κ1) is 32.1. The summed E-state index contributed by atoms with van der Waals surface area (Å²) in [5.74, 6) is -3.00. The highest BCUT2D eigenvalue weighted by Crippen LogP contribution is 2.39. The fourth-order valence-electron chi connectivity index (χ4n) is 4.63. The molecule has 1 fully saturated rings. The second-order valence-corrected chi connectivity index (χ2v) is 9.86. The van der Waals surface area contributed by atoms with Gasteiger partial charge in [0, 0.05) is 27.7 Å². The van der Waals surface area contributed by atoms with Gasteiger partial charge >= 0.3 is 29.8 Å². The first-order chi connectivity index (χ1) is 19.7. The summed E-state index contributed by atoms with van der Waals surface area (Å²) in [6, 6.07) is 12.1. The van der Waals surface area contributed by atoms with E-state index in [1.807, 2.05) is 12.1 Å². The second-order valence-electron chi connectivity index (χ2n) is 9.86. The quantitative estimate of drug-likeness (QED) is 0.313. The van der Waals surface area contributed by atoms with E-state index in [4.69, 9.17) is 33.2 Å². The first-order valence-electron chi connectivity index (χ1n) is 13.0. The highest BCUT2D eigenvalue weighted by molar-refractivity contribution is 5.91. The van der Waals surface area contributed by atoms with Crippen molar-refractivity contribution in [3.8, 4) is 16.9 Å². The van der Waals surface area contributed by atoms with Gasteiger partial charge in [0.2, 0.25) is 11.9 Å². The van der Waals surface area contributed by atoms with Crippen molar-refractivity contribution in [2.75, 3.05) is 13.7 Å². The third kappa shape index (κ3) is 7.64. The van der Waals surface area contributed by atoms with E-state index in [-0.39, 0.29) is 6.61 Å². The lowest BCUT2D eigenvalue weighted by Gasteiger charge is -2.49. The topological polar surface area (TPSA) is 150 Å². The summed E-state index contributed by atoms with van der Waals surface area (Å²) in [5.41, 5.74) is 0.751. The Morgan fingerprint density at radius 3 is 2.10 bits per heavy atom. The van der Waals surface area contributed by atoms with Crippen LogP contribution in [-0.2, 0) is 47.6 Å². The predicted molar refractivity (Wildman–Crippen MR) is 145 cm³/mol. The Morgan fingerprint density at radius 1 is 0.857 bits per heavy atom. The van der Waals surface area contributed by atoms with Gasteiger partial charge in [-0.2, -0.15) is 0 Å². The van der Waals surface area contributed by atoms with Crippen LogP contribution in [0.2, 0.25) is 0 Å². The summed E-state index contributed by atoms with van der Waals surface area (Å²) in [6.07, 6.45) is -5.29. The molecular formula is C30H34O12. The molecule has 0 bridgehead atoms. The third-order valence-electron chi connectivity index (χ3n) is 6.43. The van der Waals surface area contributed by atoms with Gasteiger partial charge in [-0.15, -0.1) is 0 Å². The van der Waals surface area contributed by atoms with Crippen molar-refractivity contribution >= 4 is 29.8 Å². The van der Waals surface area contributed by atoms with Crippen LogP contribution in [0.5, 0.6) is 5.75 Å². The standard InChI is InChI=1S/C30H34O12/c1-16-13-22(21-9-8-10-23(14-21)28(35)36-7)11-12-24(16)40-29-30(6,42-20(5)34)27(39-19(4)33)26(38-18(3)32)25(41-29)15-37-17(2)31/h8-14,25-27,29H,15H2,1-7H3/t25-,26-,27+,29+,30-/m1/s1. The molecule has 0 spiro atoms. The summed E-state index contributed by atoms with van der Waals surface area (Å²) >= 11 is 0. The fraction of sp³-hybridized carbons (Fsp3) is 0.433. The lowest BCUT2D eigenvalue weighted by atomic mass is 9.87. The van der Waals surface area contributed by atoms with Crippen molar-refractivity contribution in [3.63, 3.8) is 0 Å². The number of rotatable bonds is 9. The van der Waals surface area contributed by atoms with Crippen LogP contribution in [0.3, 0.4) is 0 Å². The highest BCUT2D eigenvalue weighted by Gasteiger charge is 2.61. The van der Waals surface area contributed by atoms with E-state index in [0.717, 1.165) is 31.9 Å². The van der Waals surface area contributed by atoms with E-state index >= 15 is 0 Å². The average molecular weight is 587 g/mol. The number of esters is 5. The molecule has 12 nitrogen and oxygen atoms in total. The van der Waals surface area contributed by atoms with Crippen molar-refractivity contribution in [2.45, 2.75) is 71.7 Å². The Bertz CT molecular complexity index is 1350. The zero-order valence-corrected chi connectivity index (χ0v) is 24.5. The Labute approximate surface area is 243 Å². The molecule has 1 saturated heterocycles. The highest BCUT2D eigenvalue weighted by atomic mass is 16.7. The van der Waals surface area contributed by atoms with Crippen molar-refractivity contribution in [1.29, 1.82) is 0 Å². The Balaban J connectivity index is 2.03. The SMILES string of the molecule is COC(=O)c1cccc(-c2ccc(O[C@H]3O[C@H](COC(C)=O)[C@@H](OC(C)=O)[C@H](OC(C)=O)[C@@]3(C)OC(C)=O)c(C)c2)c1. The lowest BCUT2D eigenvalue weighted by molar-refractivity contribution is -0.321. The van der Waals surface area contributed by atoms with E-state index in [2.05, 4.69) is 0 Å². The van der Waals surface area contributed by atoms with Gasteiger partial charge in [0.05, 0.1) is 12.7 Å². The number of benzene rings is 2. The molecule has 5 atom stereocenters. The van der Waals surface area contributed by atoms with E-state index in [9.17, 15) is 24.0 Å². The molecule has 0 amide bonds. The number of ether oxygens (including phenoxy) is 7. The normalized spacial score (nSPS) is 23.2. The third-order valence-corrected chi connectivity index (χ3v) is 6.43. The molecule has 0 unspecified atom stereocenters. The maximum absolute atomic E-state index is 12.3. The minimum absolute atomic E-state index is 0.324. The van der Waals surface area contributed by atoms with Crippen LogP contribution >= 0.6 is 0 Å². The Morgan fingerprint density at radius 2 is 1.52 bits per heavy atom. The zero-order chi connectivity index (χ0) is 31.2. The van der Waals surface area contributed by atoms with Crippen LogP contribution in [0.15, 0.2) is 42.5 Å². The van der Waals surface area contributed by atoms with Crippen molar-refractivity contribution in [2.24, 2.45) is 0 Å². The number of carbonyl (C=O) groups excluding carboxylic acids is 5. The van der Waals surface area contributed by atoms with Crippen LogP contribution in [0.1, 0.15) is 50.5 Å². The molecule has 3 rings (SSSR count). The molecule has 0 radical (unpaired) electrons. The number of hydrogen-bond donors (Lipinski definition) is 0. The molecule has 1 aliphatic rings. The molecule has 12 heteroatoms. The summed E-state index contributed by atoms with van der Waals surface area (Å²) < 4.78 is 38.9. The van der Waals surface area contributed by atoms with Crippen LogP contribution < -0.4 is 4.74 Å². The molecule has 2 aromatic carbocycles. The van der Waals surface area contributed by atoms with E-state index in [1.165, 1.54) is 21.0 Å². The molecule has 0 N–H and O–H groups in total. The Kier molecular flexibility index (Phi) is 10.3. The average Bonchev–Trinajstić information content (AvgIpc) is 2.91. The lowest BCUT2D eigenvalue weighted by Crippen LogP contribution is -2.70. The number of hydrogen-bond acceptors (Lipinski definition) is 12. The summed E-state index contributed by atoms with van der Waals surface area (Å²) in [5, 5.41) is 0. The summed E-state index contributed by atoms with van der Waals surface area (Å²) in [6.45, 7) is 7.45. The molecule has 0 aromatic heterocycles. The van der Waals surface area contributed by atoms with Gasteiger partial charge in [-0.3, -0.25) is 19.2 Å². The summed E-state index contributed by atoms with van der Waals surface area (Å²) in [4.78, 5) is 60.0. The van der Waals surface area contributed by atoms with Gasteiger partial charge in [-0.1, -0.05) is 18.2 Å². The molecule has 42 heavy (non-hydrogen) atoms. The van der Waals surface area contributed by atoms with Crippen LogP contribution in [0.4, 0.5) is 0 Å². The molecule has 0 saturated carbocycles. The van der Waals surface area contributed by atoms with Crippen LogP contribution in [-0.4, -0.2) is 73.8 Å². The van der Waals surface area contributed by atoms with Crippen molar-refractivity contribution in [1.82, 2.24) is 0 Å². The largest absolute Gasteiger partial charge is 0.465 e. The van der Waals surface area contributed by atoms with Crippen molar-refractivity contribution in [3.05, 3.63) is 53.6 Å². The van der Waals surface area contributed by atoms with Gasteiger partial charge in [-0.05, 0) is 54.8 Å². The molecular weight excluding hydrogens is 552 g/mol. The molecule has 0 aliphatic carbocycles. The maximum Gasteiger partial charge on any atom is 0.337 e. The number of methoxy groups -OCH3 is 1. The van der Waals surface area contributed by atoms with Gasteiger partial charge in [0.15, 0.2) is 12.2 Å². The van der Waals surface area contributed by atoms with Crippen molar-refractivity contribution < 1.29 is 57.1 Å². The maximum atomic E-state index is 12.3. The van der Waals surface area contributed by atoms with E-state index in [1.54, 1.807) is 37.3 Å². The Hall–Kier alpha value is -4.45. The molecule has 226 valence electrons. The smallest absolute Gasteiger partial charge is 0.337 e. The van der Waals surface area contributed by atoms with E-state index in [0.29, 0.717) is 16.9 Å². The van der Waals surface area contributed by atoms with Crippen LogP contribution in [0, 0.1) is 6.92 Å². The van der Waals surface area contributed by atoms with Gasteiger partial charge in [0.25, 0.3) is 0 Å². The molecule has 2 aromatic rings. The zero-order valence-electron chi connectivity index (χ0n) is 24.5. The first-order valence-corrected chi connectivity index (χ1v) is 13.0. The molecule has 1 aliphatic heterocycles. The van der Waals surface area contributed by atoms with Gasteiger partial charge in [-0.25, -0.2) is 4.79 Å². The number of carbonyl (C=O) groups is 5. The van der Waals surface area contributed by atoms with Gasteiger partial charge < -0.3 is 33.2 Å².